The average molecular weight is 371 g/mol. The van der Waals surface area contributed by atoms with Crippen LogP contribution in [0, 0.1) is 0 Å². The van der Waals surface area contributed by atoms with E-state index in [1.54, 1.807) is 20.8 Å². The SMILES string of the molecule is C=C1C(COC(C)=O)=C(C(=O)OC(C)(C)C)N2C(=O)C(OC)C2[S+]1[O-]. The molecule has 0 saturated carbocycles. The van der Waals surface area contributed by atoms with Gasteiger partial charge in [0.25, 0.3) is 5.91 Å². The van der Waals surface area contributed by atoms with E-state index >= 15 is 0 Å². The predicted octanol–water partition coefficient (Wildman–Crippen LogP) is 0.605. The maximum atomic E-state index is 12.7. The molecule has 0 spiro atoms. The maximum absolute atomic E-state index is 12.7. The number of ether oxygens (including phenoxy) is 3. The van der Waals surface area contributed by atoms with Crippen molar-refractivity contribution in [2.45, 2.75) is 44.8 Å². The number of hydrogen-bond acceptors (Lipinski definition) is 7. The molecule has 0 bridgehead atoms. The van der Waals surface area contributed by atoms with Crippen molar-refractivity contribution in [3.63, 3.8) is 0 Å². The molecule has 0 aromatic rings. The van der Waals surface area contributed by atoms with E-state index in [-0.39, 0.29) is 22.8 Å². The van der Waals surface area contributed by atoms with Crippen molar-refractivity contribution >= 4 is 29.0 Å². The molecule has 3 unspecified atom stereocenters. The molecule has 1 fully saturated rings. The van der Waals surface area contributed by atoms with Gasteiger partial charge in [0.05, 0.1) is 5.57 Å². The summed E-state index contributed by atoms with van der Waals surface area (Å²) in [4.78, 5) is 37.3. The third kappa shape index (κ3) is 3.58. The zero-order chi connectivity index (χ0) is 19.1. The van der Waals surface area contributed by atoms with E-state index in [1.807, 2.05) is 0 Å². The number of β-lactam (4-membered cyclic amide) rings is 1. The van der Waals surface area contributed by atoms with Crippen molar-refractivity contribution in [2.75, 3.05) is 13.7 Å². The van der Waals surface area contributed by atoms with Crippen molar-refractivity contribution in [3.05, 3.63) is 22.8 Å². The monoisotopic (exact) mass is 371 g/mol. The fourth-order valence-corrected chi connectivity index (χ4v) is 4.06. The summed E-state index contributed by atoms with van der Waals surface area (Å²) in [5.41, 5.74) is -0.801. The van der Waals surface area contributed by atoms with Crippen LogP contribution in [0.25, 0.3) is 0 Å². The van der Waals surface area contributed by atoms with E-state index in [2.05, 4.69) is 6.58 Å². The molecule has 0 aromatic carbocycles. The van der Waals surface area contributed by atoms with Gasteiger partial charge in [-0.25, -0.2) is 4.79 Å². The topological polar surface area (TPSA) is 105 Å². The number of rotatable bonds is 4. The molecule has 8 nitrogen and oxygen atoms in total. The van der Waals surface area contributed by atoms with E-state index in [1.165, 1.54) is 14.0 Å². The smallest absolute Gasteiger partial charge is 0.356 e. The molecule has 138 valence electrons. The highest BCUT2D eigenvalue weighted by Gasteiger charge is 2.62. The van der Waals surface area contributed by atoms with Gasteiger partial charge in [-0.1, -0.05) is 0 Å². The van der Waals surface area contributed by atoms with Crippen LogP contribution in [0.5, 0.6) is 0 Å². The van der Waals surface area contributed by atoms with Crippen LogP contribution in [-0.2, 0) is 39.8 Å². The van der Waals surface area contributed by atoms with Gasteiger partial charge in [0.15, 0.2) is 4.91 Å². The molecule has 2 rings (SSSR count). The van der Waals surface area contributed by atoms with E-state index < -0.39 is 46.1 Å². The molecule has 3 atom stereocenters. The zero-order valence-corrected chi connectivity index (χ0v) is 15.6. The second-order valence-electron chi connectivity index (χ2n) is 6.59. The Morgan fingerprint density at radius 3 is 2.44 bits per heavy atom. The van der Waals surface area contributed by atoms with Crippen molar-refractivity contribution in [1.82, 2.24) is 4.90 Å². The minimum atomic E-state index is -1.70. The molecule has 0 radical (unpaired) electrons. The molecular formula is C16H21NO7S. The van der Waals surface area contributed by atoms with Gasteiger partial charge >= 0.3 is 11.9 Å². The number of hydrogen-bond donors (Lipinski definition) is 0. The van der Waals surface area contributed by atoms with E-state index in [4.69, 9.17) is 14.2 Å². The lowest BCUT2D eigenvalue weighted by atomic mass is 10.0. The van der Waals surface area contributed by atoms with Crippen LogP contribution in [0.4, 0.5) is 0 Å². The summed E-state index contributed by atoms with van der Waals surface area (Å²) >= 11 is -1.70. The second kappa shape index (κ2) is 6.81. The van der Waals surface area contributed by atoms with Gasteiger partial charge in [-0.3, -0.25) is 14.5 Å². The van der Waals surface area contributed by atoms with Crippen LogP contribution in [0.2, 0.25) is 0 Å². The molecule has 25 heavy (non-hydrogen) atoms. The molecule has 2 aliphatic rings. The number of carbonyl (C=O) groups is 3. The number of nitrogens with zero attached hydrogens (tertiary/aromatic N) is 1. The Labute approximate surface area is 149 Å². The minimum absolute atomic E-state index is 0.107. The first-order valence-electron chi connectivity index (χ1n) is 7.55. The van der Waals surface area contributed by atoms with Crippen LogP contribution in [0.15, 0.2) is 22.8 Å². The molecule has 0 aromatic heterocycles. The second-order valence-corrected chi connectivity index (χ2v) is 8.16. The molecule has 1 amide bonds. The average Bonchev–Trinajstić information content (AvgIpc) is 2.47. The van der Waals surface area contributed by atoms with Crippen LogP contribution < -0.4 is 0 Å². The Hall–Kier alpha value is -1.84. The van der Waals surface area contributed by atoms with Crippen molar-refractivity contribution in [3.8, 4) is 0 Å². The van der Waals surface area contributed by atoms with Gasteiger partial charge in [-0.15, -0.1) is 0 Å². The summed E-state index contributed by atoms with van der Waals surface area (Å²) in [7, 11) is 1.32. The summed E-state index contributed by atoms with van der Waals surface area (Å²) < 4.78 is 28.0. The molecule has 0 N–H and O–H groups in total. The highest BCUT2D eigenvalue weighted by Crippen LogP contribution is 2.43. The third-order valence-electron chi connectivity index (χ3n) is 3.59. The Kier molecular flexibility index (Phi) is 5.31. The quantitative estimate of drug-likeness (QED) is 0.405. The normalized spacial score (nSPS) is 26.2. The molecule has 9 heteroatoms. The van der Waals surface area contributed by atoms with Crippen molar-refractivity contribution in [1.29, 1.82) is 0 Å². The molecule has 0 aliphatic carbocycles. The van der Waals surface area contributed by atoms with Crippen LogP contribution in [-0.4, -0.2) is 58.1 Å². The predicted molar refractivity (Wildman–Crippen MR) is 88.2 cm³/mol. The largest absolute Gasteiger partial charge is 0.610 e. The van der Waals surface area contributed by atoms with Crippen molar-refractivity contribution in [2.24, 2.45) is 0 Å². The fourth-order valence-electron chi connectivity index (χ4n) is 2.52. The summed E-state index contributed by atoms with van der Waals surface area (Å²) in [5.74, 6) is -1.86. The number of carbonyl (C=O) groups excluding carboxylic acids is 3. The number of fused-ring (bicyclic) bond motifs is 1. The number of methoxy groups -OCH3 is 1. The molecule has 1 saturated heterocycles. The van der Waals surface area contributed by atoms with Gasteiger partial charge in [-0.2, -0.15) is 0 Å². The first-order chi connectivity index (χ1) is 11.5. The van der Waals surface area contributed by atoms with Gasteiger partial charge < -0.3 is 18.8 Å². The summed E-state index contributed by atoms with van der Waals surface area (Å²) in [6.07, 6.45) is -0.926. The van der Waals surface area contributed by atoms with Gasteiger partial charge in [0, 0.05) is 25.2 Å². The molecular weight excluding hydrogens is 350 g/mol. The van der Waals surface area contributed by atoms with Gasteiger partial charge in [0.2, 0.25) is 11.5 Å². The standard InChI is InChI=1S/C16H21NO7S/c1-8-10(7-23-9(2)18)11(15(20)24-16(3,4)5)17-13(19)12(22-6)14(17)25(8)21/h12,14H,1,7H2,2-6H3. The first-order valence-corrected chi connectivity index (χ1v) is 8.76. The molecule has 2 aliphatic heterocycles. The Balaban J connectivity index is 2.49. The highest BCUT2D eigenvalue weighted by molar-refractivity contribution is 7.96. The lowest BCUT2D eigenvalue weighted by Crippen LogP contribution is -2.70. The van der Waals surface area contributed by atoms with Crippen LogP contribution >= 0.6 is 0 Å². The van der Waals surface area contributed by atoms with Crippen molar-refractivity contribution < 1.29 is 33.1 Å². The van der Waals surface area contributed by atoms with E-state index in [0.29, 0.717) is 0 Å². The van der Waals surface area contributed by atoms with E-state index in [0.717, 1.165) is 4.90 Å². The number of amides is 1. The summed E-state index contributed by atoms with van der Waals surface area (Å²) in [6.45, 7) is 9.66. The third-order valence-corrected chi connectivity index (χ3v) is 5.21. The van der Waals surface area contributed by atoms with Crippen LogP contribution in [0.1, 0.15) is 27.7 Å². The highest BCUT2D eigenvalue weighted by atomic mass is 32.2. The first kappa shape index (κ1) is 19.5. The summed E-state index contributed by atoms with van der Waals surface area (Å²) in [6, 6.07) is 0. The Bertz CT molecular complexity index is 664. The number of esters is 2. The van der Waals surface area contributed by atoms with Crippen LogP contribution in [0.3, 0.4) is 0 Å². The lowest BCUT2D eigenvalue weighted by Gasteiger charge is -2.48. The summed E-state index contributed by atoms with van der Waals surface area (Å²) in [5, 5.41) is -0.853. The maximum Gasteiger partial charge on any atom is 0.356 e. The fraction of sp³-hybridized carbons (Fsp3) is 0.562. The zero-order valence-electron chi connectivity index (χ0n) is 14.8. The lowest BCUT2D eigenvalue weighted by molar-refractivity contribution is -0.167. The Morgan fingerprint density at radius 1 is 1.36 bits per heavy atom. The van der Waals surface area contributed by atoms with Gasteiger partial charge in [-0.05, 0) is 27.4 Å². The van der Waals surface area contributed by atoms with Gasteiger partial charge in [0.1, 0.15) is 17.9 Å². The Morgan fingerprint density at radius 2 is 1.96 bits per heavy atom. The minimum Gasteiger partial charge on any atom is -0.610 e. The van der Waals surface area contributed by atoms with E-state index in [9.17, 15) is 18.9 Å². The molecule has 2 heterocycles.